The van der Waals surface area contributed by atoms with Gasteiger partial charge >= 0.3 is 0 Å². The fourth-order valence-corrected chi connectivity index (χ4v) is 2.93. The molecule has 0 bridgehead atoms. The summed E-state index contributed by atoms with van der Waals surface area (Å²) in [6.45, 7) is 1.77. The average molecular weight is 429 g/mol. The minimum atomic E-state index is -0.761. The highest BCUT2D eigenvalue weighted by Crippen LogP contribution is 2.33. The van der Waals surface area contributed by atoms with Gasteiger partial charge in [-0.2, -0.15) is 9.37 Å². The van der Waals surface area contributed by atoms with Crippen LogP contribution in [-0.2, 0) is 9.63 Å². The number of hydrogen-bond donors (Lipinski definition) is 1. The lowest BCUT2D eigenvalue weighted by atomic mass is 10.1. The minimum absolute atomic E-state index is 0.0315. The number of likely N-dealkylation sites (N-methyl/N-ethyl adjacent to an activating group) is 1. The summed E-state index contributed by atoms with van der Waals surface area (Å²) in [5.74, 6) is -1.39. The second kappa shape index (κ2) is 9.32. The zero-order chi connectivity index (χ0) is 21.7. The molecule has 0 saturated carbocycles. The standard InChI is InChI=1S/C21H18ClFN4O3/c1-12-13(8-6-9-15(12)22)18-17(23)21(26-11-25-18)30-16-10-5-4-7-14(16)19(27-29-3)20(28)24-2/h4-11H,1-3H3,(H,24,28). The number of carbonyl (C=O) groups excluding carboxylic acids is 1. The lowest BCUT2D eigenvalue weighted by Crippen LogP contribution is -2.28. The Balaban J connectivity index is 2.06. The molecule has 2 aromatic carbocycles. The van der Waals surface area contributed by atoms with E-state index in [0.29, 0.717) is 21.7 Å². The Hall–Kier alpha value is -3.52. The molecular weight excluding hydrogens is 411 g/mol. The van der Waals surface area contributed by atoms with Gasteiger partial charge in [0.25, 0.3) is 11.8 Å². The first-order valence-electron chi connectivity index (χ1n) is 8.84. The van der Waals surface area contributed by atoms with Crippen molar-refractivity contribution in [1.29, 1.82) is 0 Å². The summed E-state index contributed by atoms with van der Waals surface area (Å²) in [7, 11) is 2.77. The molecule has 0 radical (unpaired) electrons. The first-order chi connectivity index (χ1) is 14.5. The van der Waals surface area contributed by atoms with E-state index in [1.807, 2.05) is 0 Å². The summed E-state index contributed by atoms with van der Waals surface area (Å²) < 4.78 is 21.0. The topological polar surface area (TPSA) is 85.7 Å². The van der Waals surface area contributed by atoms with Crippen LogP contribution in [0.3, 0.4) is 0 Å². The van der Waals surface area contributed by atoms with E-state index in [4.69, 9.17) is 21.2 Å². The van der Waals surface area contributed by atoms with Gasteiger partial charge < -0.3 is 14.9 Å². The number of halogens is 2. The van der Waals surface area contributed by atoms with Crippen molar-refractivity contribution >= 4 is 23.2 Å². The molecule has 0 atom stereocenters. The van der Waals surface area contributed by atoms with Gasteiger partial charge in [-0.25, -0.2) is 4.98 Å². The largest absolute Gasteiger partial charge is 0.436 e. The van der Waals surface area contributed by atoms with Crippen LogP contribution < -0.4 is 10.1 Å². The average Bonchev–Trinajstić information content (AvgIpc) is 2.76. The molecule has 0 aliphatic rings. The van der Waals surface area contributed by atoms with Gasteiger partial charge in [0.2, 0.25) is 5.82 Å². The molecule has 1 heterocycles. The molecule has 1 N–H and O–H groups in total. The van der Waals surface area contributed by atoms with Gasteiger partial charge in [0.05, 0.1) is 5.56 Å². The molecule has 1 amide bonds. The van der Waals surface area contributed by atoms with Crippen molar-refractivity contribution in [2.24, 2.45) is 5.16 Å². The van der Waals surface area contributed by atoms with E-state index in [9.17, 15) is 4.79 Å². The van der Waals surface area contributed by atoms with Crippen LogP contribution in [0, 0.1) is 12.7 Å². The Morgan fingerprint density at radius 3 is 2.67 bits per heavy atom. The van der Waals surface area contributed by atoms with E-state index in [-0.39, 0.29) is 23.0 Å². The lowest BCUT2D eigenvalue weighted by Gasteiger charge is -2.13. The Labute approximate surface area is 177 Å². The maximum absolute atomic E-state index is 15.2. The van der Waals surface area contributed by atoms with Crippen molar-refractivity contribution in [3.05, 3.63) is 70.8 Å². The molecule has 3 aromatic rings. The van der Waals surface area contributed by atoms with E-state index >= 15 is 4.39 Å². The third kappa shape index (κ3) is 4.23. The van der Waals surface area contributed by atoms with Crippen LogP contribution in [-0.4, -0.2) is 35.7 Å². The fraction of sp³-hybridized carbons (Fsp3) is 0.143. The highest BCUT2D eigenvalue weighted by molar-refractivity contribution is 6.45. The maximum atomic E-state index is 15.2. The van der Waals surface area contributed by atoms with E-state index in [1.165, 1.54) is 20.5 Å². The van der Waals surface area contributed by atoms with E-state index in [0.717, 1.165) is 0 Å². The van der Waals surface area contributed by atoms with Crippen LogP contribution in [0.2, 0.25) is 5.02 Å². The second-order valence-corrected chi connectivity index (χ2v) is 6.46. The number of aromatic nitrogens is 2. The Bertz CT molecular complexity index is 1120. The van der Waals surface area contributed by atoms with Crippen LogP contribution >= 0.6 is 11.6 Å². The maximum Gasteiger partial charge on any atom is 0.273 e. The molecule has 3 rings (SSSR count). The highest BCUT2D eigenvalue weighted by Gasteiger charge is 2.22. The molecule has 0 aliphatic heterocycles. The molecule has 0 spiro atoms. The summed E-state index contributed by atoms with van der Waals surface area (Å²) in [6.07, 6.45) is 1.19. The zero-order valence-corrected chi connectivity index (χ0v) is 17.2. The number of hydrogen-bond acceptors (Lipinski definition) is 6. The van der Waals surface area contributed by atoms with Crippen molar-refractivity contribution in [3.8, 4) is 22.9 Å². The number of rotatable bonds is 6. The van der Waals surface area contributed by atoms with E-state index < -0.39 is 11.7 Å². The number of oxime groups is 1. The quantitative estimate of drug-likeness (QED) is 0.471. The Kier molecular flexibility index (Phi) is 6.58. The number of para-hydroxylation sites is 1. The third-order valence-electron chi connectivity index (χ3n) is 4.25. The fourth-order valence-electron chi connectivity index (χ4n) is 2.75. The van der Waals surface area contributed by atoms with Crippen LogP contribution in [0.5, 0.6) is 11.6 Å². The smallest absolute Gasteiger partial charge is 0.273 e. The second-order valence-electron chi connectivity index (χ2n) is 6.05. The van der Waals surface area contributed by atoms with Crippen molar-refractivity contribution in [2.45, 2.75) is 6.92 Å². The molecular formula is C21H18ClFN4O3. The Morgan fingerprint density at radius 2 is 1.93 bits per heavy atom. The van der Waals surface area contributed by atoms with Crippen LogP contribution in [0.4, 0.5) is 4.39 Å². The molecule has 0 fully saturated rings. The van der Waals surface area contributed by atoms with Crippen molar-refractivity contribution in [2.75, 3.05) is 14.2 Å². The Morgan fingerprint density at radius 1 is 1.17 bits per heavy atom. The lowest BCUT2D eigenvalue weighted by molar-refractivity contribution is -0.114. The summed E-state index contributed by atoms with van der Waals surface area (Å²) >= 11 is 6.15. The number of benzene rings is 2. The summed E-state index contributed by atoms with van der Waals surface area (Å²) in [6, 6.07) is 11.7. The van der Waals surface area contributed by atoms with Gasteiger partial charge in [0, 0.05) is 17.6 Å². The first kappa shape index (κ1) is 21.2. The van der Waals surface area contributed by atoms with Gasteiger partial charge in [-0.15, -0.1) is 0 Å². The van der Waals surface area contributed by atoms with Crippen LogP contribution in [0.15, 0.2) is 53.9 Å². The molecule has 154 valence electrons. The number of ether oxygens (including phenoxy) is 1. The van der Waals surface area contributed by atoms with Crippen LogP contribution in [0.25, 0.3) is 11.3 Å². The zero-order valence-electron chi connectivity index (χ0n) is 16.4. The predicted molar refractivity (Wildman–Crippen MR) is 111 cm³/mol. The molecule has 0 unspecified atom stereocenters. The van der Waals surface area contributed by atoms with Gasteiger partial charge in [-0.1, -0.05) is 41.0 Å². The first-order valence-corrected chi connectivity index (χ1v) is 9.22. The van der Waals surface area contributed by atoms with Crippen LogP contribution in [0.1, 0.15) is 11.1 Å². The number of nitrogens with zero attached hydrogens (tertiary/aromatic N) is 3. The normalized spacial score (nSPS) is 11.2. The van der Waals surface area contributed by atoms with Gasteiger partial charge in [-0.05, 0) is 30.7 Å². The summed E-state index contributed by atoms with van der Waals surface area (Å²) in [5, 5.41) is 6.73. The van der Waals surface area contributed by atoms with Crippen molar-refractivity contribution in [1.82, 2.24) is 15.3 Å². The molecule has 7 nitrogen and oxygen atoms in total. The van der Waals surface area contributed by atoms with Gasteiger partial charge in [-0.3, -0.25) is 4.79 Å². The third-order valence-corrected chi connectivity index (χ3v) is 4.66. The molecule has 1 aromatic heterocycles. The SMILES string of the molecule is CNC(=O)C(=NOC)c1ccccc1Oc1ncnc(-c2cccc(Cl)c2C)c1F. The van der Waals surface area contributed by atoms with Crippen molar-refractivity contribution < 1.29 is 18.8 Å². The molecule has 0 saturated heterocycles. The monoisotopic (exact) mass is 428 g/mol. The predicted octanol–water partition coefficient (Wildman–Crippen LogP) is 4.13. The molecule has 0 aliphatic carbocycles. The summed E-state index contributed by atoms with van der Waals surface area (Å²) in [4.78, 5) is 24.9. The number of amides is 1. The highest BCUT2D eigenvalue weighted by atomic mass is 35.5. The van der Waals surface area contributed by atoms with E-state index in [2.05, 4.69) is 20.4 Å². The molecule has 30 heavy (non-hydrogen) atoms. The number of carbonyl (C=O) groups is 1. The number of nitrogens with one attached hydrogen (secondary N) is 1. The summed E-state index contributed by atoms with van der Waals surface area (Å²) in [5.41, 5.74) is 1.52. The minimum Gasteiger partial charge on any atom is -0.436 e. The van der Waals surface area contributed by atoms with Gasteiger partial charge in [0.15, 0.2) is 5.71 Å². The van der Waals surface area contributed by atoms with E-state index in [1.54, 1.807) is 49.4 Å². The molecule has 9 heteroatoms. The van der Waals surface area contributed by atoms with Crippen molar-refractivity contribution in [3.63, 3.8) is 0 Å². The van der Waals surface area contributed by atoms with Gasteiger partial charge in [0.1, 0.15) is 24.9 Å².